The van der Waals surface area contributed by atoms with Crippen LogP contribution in [0.15, 0.2) is 22.7 Å². The third kappa shape index (κ3) is 4.37. The summed E-state index contributed by atoms with van der Waals surface area (Å²) in [6, 6.07) is 4.67. The van der Waals surface area contributed by atoms with Crippen LogP contribution in [0.4, 0.5) is 0 Å². The number of aromatic hydroxyl groups is 1. The highest BCUT2D eigenvalue weighted by atomic mass is 79.9. The molecule has 0 spiro atoms. The Morgan fingerprint density at radius 3 is 1.55 bits per heavy atom. The molecule has 0 atom stereocenters. The molecule has 6 heteroatoms. The van der Waals surface area contributed by atoms with Gasteiger partial charge < -0.3 is 5.11 Å². The third-order valence-electron chi connectivity index (χ3n) is 6.07. The lowest BCUT2D eigenvalue weighted by molar-refractivity contribution is -0.145. The van der Waals surface area contributed by atoms with Gasteiger partial charge in [-0.25, -0.2) is 0 Å². The average Bonchev–Trinajstić information content (AvgIpc) is 2.52. The van der Waals surface area contributed by atoms with Gasteiger partial charge in [0, 0.05) is 31.6 Å². The van der Waals surface area contributed by atoms with E-state index < -0.39 is 28.6 Å². The highest BCUT2D eigenvalue weighted by Gasteiger charge is 2.52. The first-order chi connectivity index (χ1) is 13.3. The SMILES string of the molecule is CC1(C)CC(=O)C(C(c2ccc(O)c(Br)c2)C2C(=O)CC(C)(C)CC2=O)C(=O)C1. The molecular weight excluding hydrogens is 436 g/mol. The first-order valence-electron chi connectivity index (χ1n) is 9.91. The van der Waals surface area contributed by atoms with Gasteiger partial charge in [-0.15, -0.1) is 0 Å². The molecule has 0 aliphatic heterocycles. The molecule has 1 aromatic rings. The summed E-state index contributed by atoms with van der Waals surface area (Å²) in [6.45, 7) is 7.52. The summed E-state index contributed by atoms with van der Waals surface area (Å²) in [5, 5.41) is 9.88. The van der Waals surface area contributed by atoms with Crippen LogP contribution in [0.1, 0.15) is 64.9 Å². The second-order valence-corrected chi connectivity index (χ2v) is 10.9. The molecule has 0 heterocycles. The number of benzene rings is 1. The van der Waals surface area contributed by atoms with Crippen LogP contribution in [-0.4, -0.2) is 28.2 Å². The molecule has 3 rings (SSSR count). The topological polar surface area (TPSA) is 88.5 Å². The van der Waals surface area contributed by atoms with E-state index in [-0.39, 0.29) is 54.6 Å². The quantitative estimate of drug-likeness (QED) is 0.672. The van der Waals surface area contributed by atoms with Gasteiger partial charge in [0.2, 0.25) is 0 Å². The maximum atomic E-state index is 13.1. The van der Waals surface area contributed by atoms with E-state index in [1.807, 2.05) is 27.7 Å². The van der Waals surface area contributed by atoms with Crippen LogP contribution in [0.3, 0.4) is 0 Å². The zero-order valence-electron chi connectivity index (χ0n) is 17.3. The molecule has 156 valence electrons. The van der Waals surface area contributed by atoms with Crippen molar-refractivity contribution in [2.75, 3.05) is 0 Å². The Morgan fingerprint density at radius 1 is 0.828 bits per heavy atom. The van der Waals surface area contributed by atoms with Gasteiger partial charge in [-0.05, 0) is 44.5 Å². The van der Waals surface area contributed by atoms with Gasteiger partial charge in [-0.1, -0.05) is 33.8 Å². The van der Waals surface area contributed by atoms with E-state index in [9.17, 15) is 24.3 Å². The second kappa shape index (κ2) is 7.46. The smallest absolute Gasteiger partial charge is 0.144 e. The number of phenols is 1. The third-order valence-corrected chi connectivity index (χ3v) is 6.71. The molecular formula is C23H27BrO5. The van der Waals surface area contributed by atoms with Crippen molar-refractivity contribution >= 4 is 39.1 Å². The van der Waals surface area contributed by atoms with Gasteiger partial charge >= 0.3 is 0 Å². The Morgan fingerprint density at radius 2 is 1.21 bits per heavy atom. The highest BCUT2D eigenvalue weighted by molar-refractivity contribution is 9.10. The summed E-state index contributed by atoms with van der Waals surface area (Å²) in [7, 11) is 0. The summed E-state index contributed by atoms with van der Waals surface area (Å²) in [5.41, 5.74) is -0.298. The maximum Gasteiger partial charge on any atom is 0.144 e. The summed E-state index contributed by atoms with van der Waals surface area (Å²) in [4.78, 5) is 52.3. The van der Waals surface area contributed by atoms with Crippen molar-refractivity contribution in [1.29, 1.82) is 0 Å². The van der Waals surface area contributed by atoms with Crippen LogP contribution in [0.25, 0.3) is 0 Å². The van der Waals surface area contributed by atoms with Gasteiger partial charge in [0.05, 0.1) is 16.3 Å². The standard InChI is InChI=1S/C23H27BrO5/c1-22(2)8-15(26)20(16(27)9-22)19(12-5-6-14(25)13(24)7-12)21-17(28)10-23(3,4)11-18(21)29/h5-7,19-21,25H,8-11H2,1-4H3. The molecule has 29 heavy (non-hydrogen) atoms. The Kier molecular flexibility index (Phi) is 5.63. The predicted molar refractivity (Wildman–Crippen MR) is 112 cm³/mol. The van der Waals surface area contributed by atoms with Crippen LogP contribution >= 0.6 is 15.9 Å². The predicted octanol–water partition coefficient (Wildman–Crippen LogP) is 4.39. The van der Waals surface area contributed by atoms with Gasteiger partial charge in [-0.3, -0.25) is 19.2 Å². The number of ketones is 4. The lowest BCUT2D eigenvalue weighted by atomic mass is 9.59. The fraction of sp³-hybridized carbons (Fsp3) is 0.565. The van der Waals surface area contributed by atoms with E-state index in [1.54, 1.807) is 12.1 Å². The lowest BCUT2D eigenvalue weighted by Gasteiger charge is -2.41. The number of Topliss-reactive ketones (excluding diaryl/α,β-unsaturated/α-hetero) is 4. The average molecular weight is 463 g/mol. The van der Waals surface area contributed by atoms with Crippen molar-refractivity contribution < 1.29 is 24.3 Å². The number of phenolic OH excluding ortho intramolecular Hbond substituents is 1. The van der Waals surface area contributed by atoms with E-state index in [1.165, 1.54) is 6.07 Å². The van der Waals surface area contributed by atoms with Crippen LogP contribution in [0.5, 0.6) is 5.75 Å². The molecule has 2 aliphatic carbocycles. The Balaban J connectivity index is 2.11. The summed E-state index contributed by atoms with van der Waals surface area (Å²) in [6.07, 6.45) is 0.943. The molecule has 2 fully saturated rings. The van der Waals surface area contributed by atoms with Gasteiger partial charge in [0.1, 0.15) is 28.9 Å². The summed E-state index contributed by atoms with van der Waals surface area (Å²) >= 11 is 3.27. The molecule has 0 radical (unpaired) electrons. The van der Waals surface area contributed by atoms with Crippen molar-refractivity contribution in [2.45, 2.75) is 59.3 Å². The summed E-state index contributed by atoms with van der Waals surface area (Å²) in [5.74, 6) is -3.72. The molecule has 2 aliphatic rings. The first-order valence-corrected chi connectivity index (χ1v) is 10.7. The van der Waals surface area contributed by atoms with Crippen molar-refractivity contribution in [3.05, 3.63) is 28.2 Å². The van der Waals surface area contributed by atoms with E-state index in [2.05, 4.69) is 15.9 Å². The number of hydrogen-bond donors (Lipinski definition) is 1. The Hall–Kier alpha value is -1.82. The van der Waals surface area contributed by atoms with Gasteiger partial charge in [0.15, 0.2) is 0 Å². The second-order valence-electron chi connectivity index (χ2n) is 10.1. The van der Waals surface area contributed by atoms with Crippen molar-refractivity contribution in [3.63, 3.8) is 0 Å². The minimum Gasteiger partial charge on any atom is -0.507 e. The van der Waals surface area contributed by atoms with Crippen molar-refractivity contribution in [3.8, 4) is 5.75 Å². The van der Waals surface area contributed by atoms with E-state index in [4.69, 9.17) is 0 Å². The van der Waals surface area contributed by atoms with Crippen LogP contribution in [0, 0.1) is 22.7 Å². The number of carbonyl (C=O) groups excluding carboxylic acids is 4. The molecule has 0 saturated heterocycles. The zero-order chi connectivity index (χ0) is 21.7. The number of rotatable bonds is 3. The molecule has 0 amide bonds. The van der Waals surface area contributed by atoms with E-state index in [0.29, 0.717) is 10.0 Å². The van der Waals surface area contributed by atoms with Crippen LogP contribution < -0.4 is 0 Å². The van der Waals surface area contributed by atoms with Crippen molar-refractivity contribution in [1.82, 2.24) is 0 Å². The van der Waals surface area contributed by atoms with Crippen LogP contribution in [-0.2, 0) is 19.2 Å². The normalized spacial score (nSPS) is 23.1. The molecule has 1 N–H and O–H groups in total. The van der Waals surface area contributed by atoms with Gasteiger partial charge in [0.25, 0.3) is 0 Å². The fourth-order valence-corrected chi connectivity index (χ4v) is 5.32. The van der Waals surface area contributed by atoms with E-state index >= 15 is 0 Å². The largest absolute Gasteiger partial charge is 0.507 e. The number of carbonyl (C=O) groups is 4. The first kappa shape index (κ1) is 21.9. The number of halogens is 1. The minimum absolute atomic E-state index is 0.0114. The maximum absolute atomic E-state index is 13.1. The summed E-state index contributed by atoms with van der Waals surface area (Å²) < 4.78 is 0.395. The zero-order valence-corrected chi connectivity index (χ0v) is 18.8. The molecule has 2 saturated carbocycles. The highest BCUT2D eigenvalue weighted by Crippen LogP contribution is 2.47. The van der Waals surface area contributed by atoms with Crippen molar-refractivity contribution in [2.24, 2.45) is 22.7 Å². The van der Waals surface area contributed by atoms with E-state index in [0.717, 1.165) is 0 Å². The molecule has 0 aromatic heterocycles. The molecule has 5 nitrogen and oxygen atoms in total. The van der Waals surface area contributed by atoms with Crippen LogP contribution in [0.2, 0.25) is 0 Å². The lowest BCUT2D eigenvalue weighted by Crippen LogP contribution is -2.48. The number of hydrogen-bond acceptors (Lipinski definition) is 5. The Labute approximate surface area is 179 Å². The monoisotopic (exact) mass is 462 g/mol. The Bertz CT molecular complexity index is 811. The minimum atomic E-state index is -1.02. The molecule has 1 aromatic carbocycles. The molecule has 0 bridgehead atoms. The molecule has 0 unspecified atom stereocenters. The fourth-order valence-electron chi connectivity index (χ4n) is 4.92. The van der Waals surface area contributed by atoms with Gasteiger partial charge in [-0.2, -0.15) is 0 Å².